The molecule has 1 amide bonds. The summed E-state index contributed by atoms with van der Waals surface area (Å²) >= 11 is 0. The van der Waals surface area contributed by atoms with E-state index in [0.717, 1.165) is 37.2 Å². The van der Waals surface area contributed by atoms with Gasteiger partial charge in [0.15, 0.2) is 0 Å². The number of methoxy groups -OCH3 is 1. The van der Waals surface area contributed by atoms with Gasteiger partial charge < -0.3 is 14.4 Å². The Bertz CT molecular complexity index is 583. The largest absolute Gasteiger partial charge is 0.497 e. The molecule has 0 aliphatic carbocycles. The maximum Gasteiger partial charge on any atom is 0.309 e. The zero-order valence-corrected chi connectivity index (χ0v) is 15.4. The minimum absolute atomic E-state index is 0.0270. The van der Waals surface area contributed by atoms with Gasteiger partial charge in [-0.3, -0.25) is 14.5 Å². The fraction of sp³-hybridized carbons (Fsp3) is 0.579. The Kier molecular flexibility index (Phi) is 7.25. The SMILES string of the molecule is CCOC(=O)C1CCN(CC(=O)N(C)Cc2cccc(OC)c2)CC1. The summed E-state index contributed by atoms with van der Waals surface area (Å²) in [7, 11) is 3.45. The van der Waals surface area contributed by atoms with Gasteiger partial charge in [-0.1, -0.05) is 12.1 Å². The molecule has 1 aliphatic rings. The average molecular weight is 348 g/mol. The Morgan fingerprint density at radius 1 is 1.28 bits per heavy atom. The minimum Gasteiger partial charge on any atom is -0.497 e. The van der Waals surface area contributed by atoms with Gasteiger partial charge in [0.05, 0.1) is 26.2 Å². The molecule has 1 aromatic rings. The van der Waals surface area contributed by atoms with Crippen LogP contribution in [-0.4, -0.2) is 62.1 Å². The number of hydrogen-bond donors (Lipinski definition) is 0. The summed E-state index contributed by atoms with van der Waals surface area (Å²) in [5, 5.41) is 0. The van der Waals surface area contributed by atoms with Crippen LogP contribution in [0.1, 0.15) is 25.3 Å². The first-order valence-corrected chi connectivity index (χ1v) is 8.79. The number of carbonyl (C=O) groups excluding carboxylic acids is 2. The Balaban J connectivity index is 1.79. The second-order valence-electron chi connectivity index (χ2n) is 6.40. The molecule has 0 spiro atoms. The van der Waals surface area contributed by atoms with Gasteiger partial charge in [-0.2, -0.15) is 0 Å². The molecule has 0 radical (unpaired) electrons. The third-order valence-electron chi connectivity index (χ3n) is 4.55. The maximum atomic E-state index is 12.4. The molecule has 0 atom stereocenters. The van der Waals surface area contributed by atoms with Crippen molar-refractivity contribution >= 4 is 11.9 Å². The van der Waals surface area contributed by atoms with Crippen LogP contribution in [0, 0.1) is 5.92 Å². The Morgan fingerprint density at radius 2 is 2.00 bits per heavy atom. The number of esters is 1. The van der Waals surface area contributed by atoms with E-state index in [4.69, 9.17) is 9.47 Å². The van der Waals surface area contributed by atoms with Crippen molar-refractivity contribution < 1.29 is 19.1 Å². The molecule has 1 fully saturated rings. The van der Waals surface area contributed by atoms with Gasteiger partial charge in [-0.15, -0.1) is 0 Å². The van der Waals surface area contributed by atoms with Crippen LogP contribution in [0.3, 0.4) is 0 Å². The fourth-order valence-electron chi connectivity index (χ4n) is 3.03. The molecule has 2 rings (SSSR count). The predicted molar refractivity (Wildman–Crippen MR) is 95.3 cm³/mol. The molecule has 0 unspecified atom stereocenters. The number of benzene rings is 1. The standard InChI is InChI=1S/C19H28N2O4/c1-4-25-19(23)16-8-10-21(11-9-16)14-18(22)20(2)13-15-6-5-7-17(12-15)24-3/h5-7,12,16H,4,8-11,13-14H2,1-3H3. The number of nitrogens with zero attached hydrogens (tertiary/aromatic N) is 2. The van der Waals surface area contributed by atoms with E-state index >= 15 is 0 Å². The van der Waals surface area contributed by atoms with Crippen LogP contribution in [-0.2, 0) is 20.9 Å². The van der Waals surface area contributed by atoms with E-state index < -0.39 is 0 Å². The summed E-state index contributed by atoms with van der Waals surface area (Å²) in [4.78, 5) is 28.1. The lowest BCUT2D eigenvalue weighted by molar-refractivity contribution is -0.149. The number of hydrogen-bond acceptors (Lipinski definition) is 5. The predicted octanol–water partition coefficient (Wildman–Crippen LogP) is 1.93. The lowest BCUT2D eigenvalue weighted by atomic mass is 9.97. The van der Waals surface area contributed by atoms with Crippen molar-refractivity contribution in [3.8, 4) is 5.75 Å². The van der Waals surface area contributed by atoms with Crippen LogP contribution < -0.4 is 4.74 Å². The number of ether oxygens (including phenoxy) is 2. The average Bonchev–Trinajstić information content (AvgIpc) is 2.62. The summed E-state index contributed by atoms with van der Waals surface area (Å²) in [6, 6.07) is 7.73. The molecule has 0 N–H and O–H groups in total. The van der Waals surface area contributed by atoms with Crippen LogP contribution in [0.5, 0.6) is 5.75 Å². The second-order valence-corrected chi connectivity index (χ2v) is 6.40. The van der Waals surface area contributed by atoms with Gasteiger partial charge in [-0.25, -0.2) is 0 Å². The highest BCUT2D eigenvalue weighted by Gasteiger charge is 2.27. The van der Waals surface area contributed by atoms with Crippen LogP contribution in [0.15, 0.2) is 24.3 Å². The number of amides is 1. The smallest absolute Gasteiger partial charge is 0.309 e. The van der Waals surface area contributed by atoms with E-state index in [-0.39, 0.29) is 17.8 Å². The molecule has 1 aliphatic heterocycles. The Hall–Kier alpha value is -2.08. The zero-order chi connectivity index (χ0) is 18.2. The molecule has 1 heterocycles. The van der Waals surface area contributed by atoms with Crippen molar-refractivity contribution in [1.29, 1.82) is 0 Å². The van der Waals surface area contributed by atoms with Crippen LogP contribution in [0.2, 0.25) is 0 Å². The van der Waals surface area contributed by atoms with Crippen molar-refractivity contribution in [2.75, 3.05) is 40.4 Å². The van der Waals surface area contributed by atoms with Crippen molar-refractivity contribution in [2.45, 2.75) is 26.3 Å². The maximum absolute atomic E-state index is 12.4. The summed E-state index contributed by atoms with van der Waals surface area (Å²) in [5.41, 5.74) is 1.04. The first kappa shape index (κ1) is 19.2. The highest BCUT2D eigenvalue weighted by Crippen LogP contribution is 2.19. The van der Waals surface area contributed by atoms with E-state index in [9.17, 15) is 9.59 Å². The molecule has 138 valence electrons. The van der Waals surface area contributed by atoms with Crippen LogP contribution >= 0.6 is 0 Å². The van der Waals surface area contributed by atoms with E-state index in [1.165, 1.54) is 0 Å². The summed E-state index contributed by atoms with van der Waals surface area (Å²) in [5.74, 6) is 0.737. The molecule has 25 heavy (non-hydrogen) atoms. The lowest BCUT2D eigenvalue weighted by Gasteiger charge is -2.31. The zero-order valence-electron chi connectivity index (χ0n) is 15.4. The lowest BCUT2D eigenvalue weighted by Crippen LogP contribution is -2.43. The third-order valence-corrected chi connectivity index (χ3v) is 4.55. The molecular formula is C19H28N2O4. The number of piperidine rings is 1. The molecular weight excluding hydrogens is 320 g/mol. The third kappa shape index (κ3) is 5.74. The number of rotatable bonds is 7. The Morgan fingerprint density at radius 3 is 2.64 bits per heavy atom. The molecule has 6 heteroatoms. The van der Waals surface area contributed by atoms with E-state index in [2.05, 4.69) is 4.90 Å². The van der Waals surface area contributed by atoms with Gasteiger partial charge in [0.25, 0.3) is 0 Å². The van der Waals surface area contributed by atoms with E-state index in [1.807, 2.05) is 38.2 Å². The Labute approximate surface area is 149 Å². The van der Waals surface area contributed by atoms with Gasteiger partial charge in [0, 0.05) is 13.6 Å². The van der Waals surface area contributed by atoms with E-state index in [1.54, 1.807) is 12.0 Å². The molecule has 1 saturated heterocycles. The van der Waals surface area contributed by atoms with Gasteiger partial charge in [0.2, 0.25) is 5.91 Å². The summed E-state index contributed by atoms with van der Waals surface area (Å²) in [6.07, 6.45) is 1.51. The van der Waals surface area contributed by atoms with Gasteiger partial charge >= 0.3 is 5.97 Å². The van der Waals surface area contributed by atoms with E-state index in [0.29, 0.717) is 19.7 Å². The molecule has 0 aromatic heterocycles. The van der Waals surface area contributed by atoms with Crippen molar-refractivity contribution in [2.24, 2.45) is 5.92 Å². The van der Waals surface area contributed by atoms with Crippen LogP contribution in [0.4, 0.5) is 0 Å². The summed E-state index contributed by atoms with van der Waals surface area (Å²) in [6.45, 7) is 4.69. The topological polar surface area (TPSA) is 59.1 Å². The highest BCUT2D eigenvalue weighted by molar-refractivity contribution is 5.78. The fourth-order valence-corrected chi connectivity index (χ4v) is 3.03. The van der Waals surface area contributed by atoms with Gasteiger partial charge in [-0.05, 0) is 50.6 Å². The molecule has 6 nitrogen and oxygen atoms in total. The highest BCUT2D eigenvalue weighted by atomic mass is 16.5. The molecule has 1 aromatic carbocycles. The van der Waals surface area contributed by atoms with Crippen molar-refractivity contribution in [3.05, 3.63) is 29.8 Å². The monoisotopic (exact) mass is 348 g/mol. The number of likely N-dealkylation sites (N-methyl/N-ethyl adjacent to an activating group) is 1. The minimum atomic E-state index is -0.108. The van der Waals surface area contributed by atoms with Crippen LogP contribution in [0.25, 0.3) is 0 Å². The normalized spacial score (nSPS) is 15.6. The quantitative estimate of drug-likeness (QED) is 0.705. The number of likely N-dealkylation sites (tertiary alicyclic amines) is 1. The van der Waals surface area contributed by atoms with Crippen molar-refractivity contribution in [3.63, 3.8) is 0 Å². The summed E-state index contributed by atoms with van der Waals surface area (Å²) < 4.78 is 10.3. The number of carbonyl (C=O) groups is 2. The van der Waals surface area contributed by atoms with Crippen molar-refractivity contribution in [1.82, 2.24) is 9.80 Å². The van der Waals surface area contributed by atoms with Gasteiger partial charge in [0.1, 0.15) is 5.75 Å². The molecule has 0 bridgehead atoms. The first-order chi connectivity index (χ1) is 12.0. The molecule has 0 saturated carbocycles. The first-order valence-electron chi connectivity index (χ1n) is 8.79. The second kappa shape index (κ2) is 9.42.